The minimum absolute atomic E-state index is 0.185. The van der Waals surface area contributed by atoms with Crippen LogP contribution >= 0.6 is 0 Å². The first kappa shape index (κ1) is 12.5. The van der Waals surface area contributed by atoms with E-state index in [1.54, 1.807) is 0 Å². The zero-order valence-corrected chi connectivity index (χ0v) is 9.60. The lowest BCUT2D eigenvalue weighted by Gasteiger charge is -2.11. The summed E-state index contributed by atoms with van der Waals surface area (Å²) in [6.45, 7) is 2.56. The molecule has 0 aromatic heterocycles. The molecular formula is C12H17NO3. The standard InChI is InChI=1S/C12H17NO3/c1-3-16-10-6-4-9(5-7-10)11(13)8-12(14)15-2/h4-7,11H,3,8,13H2,1-2H3/t11-/m0/s1. The summed E-state index contributed by atoms with van der Waals surface area (Å²) in [5.41, 5.74) is 6.75. The molecule has 16 heavy (non-hydrogen) atoms. The SMILES string of the molecule is CCOc1ccc([C@@H](N)CC(=O)OC)cc1. The molecule has 0 aliphatic heterocycles. The molecule has 1 aromatic carbocycles. The Balaban J connectivity index is 2.62. The molecule has 0 spiro atoms. The van der Waals surface area contributed by atoms with Crippen molar-refractivity contribution >= 4 is 5.97 Å². The summed E-state index contributed by atoms with van der Waals surface area (Å²) in [7, 11) is 1.35. The largest absolute Gasteiger partial charge is 0.494 e. The third-order valence-corrected chi connectivity index (χ3v) is 2.23. The van der Waals surface area contributed by atoms with Crippen LogP contribution in [0.25, 0.3) is 0 Å². The topological polar surface area (TPSA) is 61.5 Å². The van der Waals surface area contributed by atoms with Crippen molar-refractivity contribution in [3.8, 4) is 5.75 Å². The van der Waals surface area contributed by atoms with Crippen LogP contribution in [0.2, 0.25) is 0 Å². The van der Waals surface area contributed by atoms with Crippen molar-refractivity contribution in [3.63, 3.8) is 0 Å². The van der Waals surface area contributed by atoms with Crippen molar-refractivity contribution in [3.05, 3.63) is 29.8 Å². The van der Waals surface area contributed by atoms with Gasteiger partial charge in [-0.25, -0.2) is 0 Å². The van der Waals surface area contributed by atoms with Gasteiger partial charge in [-0.2, -0.15) is 0 Å². The van der Waals surface area contributed by atoms with E-state index < -0.39 is 0 Å². The molecule has 1 aromatic rings. The van der Waals surface area contributed by atoms with Crippen LogP contribution in [-0.4, -0.2) is 19.7 Å². The van der Waals surface area contributed by atoms with E-state index >= 15 is 0 Å². The molecule has 0 aliphatic carbocycles. The third kappa shape index (κ3) is 3.55. The van der Waals surface area contributed by atoms with E-state index in [1.807, 2.05) is 31.2 Å². The number of carbonyl (C=O) groups is 1. The fourth-order valence-electron chi connectivity index (χ4n) is 1.36. The van der Waals surface area contributed by atoms with Gasteiger partial charge in [0.1, 0.15) is 5.75 Å². The Bertz CT molecular complexity index is 335. The Labute approximate surface area is 95.3 Å². The maximum Gasteiger partial charge on any atom is 0.307 e. The van der Waals surface area contributed by atoms with Crippen molar-refractivity contribution < 1.29 is 14.3 Å². The summed E-state index contributed by atoms with van der Waals surface area (Å²) in [5, 5.41) is 0. The minimum atomic E-state index is -0.330. The fraction of sp³-hybridized carbons (Fsp3) is 0.417. The van der Waals surface area contributed by atoms with Gasteiger partial charge in [0.15, 0.2) is 0 Å². The number of esters is 1. The highest BCUT2D eigenvalue weighted by Gasteiger charge is 2.11. The van der Waals surface area contributed by atoms with Gasteiger partial charge in [-0.3, -0.25) is 4.79 Å². The number of hydrogen-bond acceptors (Lipinski definition) is 4. The molecule has 0 saturated carbocycles. The number of carbonyl (C=O) groups excluding carboxylic acids is 1. The highest BCUT2D eigenvalue weighted by atomic mass is 16.5. The molecule has 4 heteroatoms. The second kappa shape index (κ2) is 6.12. The van der Waals surface area contributed by atoms with E-state index in [-0.39, 0.29) is 18.4 Å². The highest BCUT2D eigenvalue weighted by Crippen LogP contribution is 2.18. The van der Waals surface area contributed by atoms with Crippen molar-refractivity contribution in [2.75, 3.05) is 13.7 Å². The van der Waals surface area contributed by atoms with Gasteiger partial charge in [-0.05, 0) is 24.6 Å². The lowest BCUT2D eigenvalue weighted by molar-refractivity contribution is -0.141. The molecule has 0 heterocycles. The summed E-state index contributed by atoms with van der Waals surface area (Å²) in [5.74, 6) is 0.498. The van der Waals surface area contributed by atoms with Gasteiger partial charge in [0.25, 0.3) is 0 Å². The van der Waals surface area contributed by atoms with Crippen LogP contribution in [0, 0.1) is 0 Å². The predicted octanol–water partition coefficient (Wildman–Crippen LogP) is 1.65. The Morgan fingerprint density at radius 1 is 1.38 bits per heavy atom. The lowest BCUT2D eigenvalue weighted by Crippen LogP contribution is -2.16. The number of hydrogen-bond donors (Lipinski definition) is 1. The minimum Gasteiger partial charge on any atom is -0.494 e. The Morgan fingerprint density at radius 3 is 2.50 bits per heavy atom. The first-order valence-corrected chi connectivity index (χ1v) is 5.22. The molecular weight excluding hydrogens is 206 g/mol. The average Bonchev–Trinajstić information content (AvgIpc) is 2.30. The van der Waals surface area contributed by atoms with Crippen LogP contribution in [0.4, 0.5) is 0 Å². The average molecular weight is 223 g/mol. The number of methoxy groups -OCH3 is 1. The van der Waals surface area contributed by atoms with Crippen molar-refractivity contribution in [2.45, 2.75) is 19.4 Å². The molecule has 0 aliphatic rings. The molecule has 0 radical (unpaired) electrons. The molecule has 0 unspecified atom stereocenters. The molecule has 2 N–H and O–H groups in total. The normalized spacial score (nSPS) is 11.9. The van der Waals surface area contributed by atoms with E-state index in [2.05, 4.69) is 4.74 Å². The maximum atomic E-state index is 11.0. The number of benzene rings is 1. The first-order chi connectivity index (χ1) is 7.67. The second-order valence-electron chi connectivity index (χ2n) is 3.39. The molecule has 0 amide bonds. The lowest BCUT2D eigenvalue weighted by atomic mass is 10.0. The van der Waals surface area contributed by atoms with Crippen LogP contribution in [-0.2, 0) is 9.53 Å². The Kier molecular flexibility index (Phi) is 4.79. The van der Waals surface area contributed by atoms with E-state index in [9.17, 15) is 4.79 Å². The van der Waals surface area contributed by atoms with E-state index in [0.29, 0.717) is 6.61 Å². The van der Waals surface area contributed by atoms with E-state index in [1.165, 1.54) is 7.11 Å². The summed E-state index contributed by atoms with van der Waals surface area (Å²) in [4.78, 5) is 11.0. The highest BCUT2D eigenvalue weighted by molar-refractivity contribution is 5.70. The third-order valence-electron chi connectivity index (χ3n) is 2.23. The number of nitrogens with two attached hydrogens (primary N) is 1. The predicted molar refractivity (Wildman–Crippen MR) is 61.2 cm³/mol. The molecule has 4 nitrogen and oxygen atoms in total. The van der Waals surface area contributed by atoms with Crippen molar-refractivity contribution in [1.29, 1.82) is 0 Å². The van der Waals surface area contributed by atoms with Crippen LogP contribution in [0.1, 0.15) is 24.9 Å². The van der Waals surface area contributed by atoms with Gasteiger partial charge in [-0.1, -0.05) is 12.1 Å². The van der Waals surface area contributed by atoms with E-state index in [0.717, 1.165) is 11.3 Å². The molecule has 1 atom stereocenters. The first-order valence-electron chi connectivity index (χ1n) is 5.22. The maximum absolute atomic E-state index is 11.0. The van der Waals surface area contributed by atoms with Gasteiger partial charge in [0.05, 0.1) is 20.1 Å². The van der Waals surface area contributed by atoms with Crippen LogP contribution in [0.15, 0.2) is 24.3 Å². The van der Waals surface area contributed by atoms with Crippen molar-refractivity contribution in [1.82, 2.24) is 0 Å². The number of ether oxygens (including phenoxy) is 2. The van der Waals surface area contributed by atoms with Crippen LogP contribution in [0.3, 0.4) is 0 Å². The molecule has 0 bridgehead atoms. The van der Waals surface area contributed by atoms with E-state index in [4.69, 9.17) is 10.5 Å². The van der Waals surface area contributed by atoms with Gasteiger partial charge in [0.2, 0.25) is 0 Å². The molecule has 1 rings (SSSR count). The zero-order chi connectivity index (χ0) is 12.0. The second-order valence-corrected chi connectivity index (χ2v) is 3.39. The smallest absolute Gasteiger partial charge is 0.307 e. The number of rotatable bonds is 5. The Hall–Kier alpha value is -1.55. The zero-order valence-electron chi connectivity index (χ0n) is 9.60. The van der Waals surface area contributed by atoms with Crippen molar-refractivity contribution in [2.24, 2.45) is 5.73 Å². The van der Waals surface area contributed by atoms with Crippen LogP contribution < -0.4 is 10.5 Å². The van der Waals surface area contributed by atoms with Gasteiger partial charge in [0, 0.05) is 6.04 Å². The molecule has 0 saturated heterocycles. The fourth-order valence-corrected chi connectivity index (χ4v) is 1.36. The van der Waals surface area contributed by atoms with Gasteiger partial charge < -0.3 is 15.2 Å². The van der Waals surface area contributed by atoms with Crippen LogP contribution in [0.5, 0.6) is 5.75 Å². The van der Waals surface area contributed by atoms with Gasteiger partial charge >= 0.3 is 5.97 Å². The van der Waals surface area contributed by atoms with Gasteiger partial charge in [-0.15, -0.1) is 0 Å². The molecule has 88 valence electrons. The quantitative estimate of drug-likeness (QED) is 0.771. The summed E-state index contributed by atoms with van der Waals surface area (Å²) < 4.78 is 9.87. The Morgan fingerprint density at radius 2 is 2.00 bits per heavy atom. The summed E-state index contributed by atoms with van der Waals surface area (Å²) >= 11 is 0. The summed E-state index contributed by atoms with van der Waals surface area (Å²) in [6, 6.07) is 7.08. The molecule has 0 fully saturated rings. The monoisotopic (exact) mass is 223 g/mol. The summed E-state index contributed by atoms with van der Waals surface area (Å²) in [6.07, 6.45) is 0.185.